The van der Waals surface area contributed by atoms with E-state index in [9.17, 15) is 0 Å². The second-order valence-electron chi connectivity index (χ2n) is 5.28. The summed E-state index contributed by atoms with van der Waals surface area (Å²) >= 11 is 12.4. The van der Waals surface area contributed by atoms with Crippen LogP contribution in [0.5, 0.6) is 0 Å². The highest BCUT2D eigenvalue weighted by Crippen LogP contribution is 2.33. The van der Waals surface area contributed by atoms with Gasteiger partial charge in [-0.25, -0.2) is 0 Å². The lowest BCUT2D eigenvalue weighted by molar-refractivity contribution is 0.484. The topological polar surface area (TPSA) is 25.2 Å². The largest absolute Gasteiger partial charge is 0.466 e. The number of hydrogen-bond donors (Lipinski definition) is 1. The van der Waals surface area contributed by atoms with Crippen molar-refractivity contribution in [3.8, 4) is 0 Å². The fourth-order valence-corrected chi connectivity index (χ4v) is 3.17. The SMILES string of the molecule is CCNC(Cc1cccc(Cl)c1Cl)c1c(C)oc(C)c1C. The Labute approximate surface area is 136 Å². The minimum absolute atomic E-state index is 0.170. The number of aryl methyl sites for hydroxylation is 2. The summed E-state index contributed by atoms with van der Waals surface area (Å²) in [6, 6.07) is 5.94. The molecule has 4 heteroatoms. The second-order valence-corrected chi connectivity index (χ2v) is 6.07. The molecule has 1 aromatic carbocycles. The van der Waals surface area contributed by atoms with Gasteiger partial charge in [0.15, 0.2) is 0 Å². The van der Waals surface area contributed by atoms with Crippen LogP contribution in [0.1, 0.15) is 41.2 Å². The Balaban J connectivity index is 2.38. The quantitative estimate of drug-likeness (QED) is 0.795. The first-order valence-electron chi connectivity index (χ1n) is 7.18. The molecule has 1 unspecified atom stereocenters. The number of benzene rings is 1. The number of nitrogens with one attached hydrogen (secondary N) is 1. The molecule has 0 spiro atoms. The molecule has 1 aromatic heterocycles. The highest BCUT2D eigenvalue weighted by atomic mass is 35.5. The zero-order valence-corrected chi connectivity index (χ0v) is 14.4. The molecule has 0 aliphatic carbocycles. The third-order valence-corrected chi connectivity index (χ3v) is 4.73. The average Bonchev–Trinajstić information content (AvgIpc) is 2.68. The summed E-state index contributed by atoms with van der Waals surface area (Å²) in [4.78, 5) is 0. The number of halogens is 2. The van der Waals surface area contributed by atoms with Crippen LogP contribution >= 0.6 is 23.2 Å². The van der Waals surface area contributed by atoms with Crippen LogP contribution in [0.15, 0.2) is 22.6 Å². The van der Waals surface area contributed by atoms with Crippen molar-refractivity contribution in [1.29, 1.82) is 0 Å². The summed E-state index contributed by atoms with van der Waals surface area (Å²) in [5.74, 6) is 1.94. The Morgan fingerprint density at radius 3 is 2.43 bits per heavy atom. The van der Waals surface area contributed by atoms with Crippen LogP contribution in [0.4, 0.5) is 0 Å². The highest BCUT2D eigenvalue weighted by Gasteiger charge is 2.22. The first kappa shape index (κ1) is 16.4. The Kier molecular flexibility index (Phi) is 5.37. The summed E-state index contributed by atoms with van der Waals surface area (Å²) in [7, 11) is 0. The summed E-state index contributed by atoms with van der Waals surface area (Å²) in [5, 5.41) is 4.76. The van der Waals surface area contributed by atoms with Crippen LogP contribution in [0.3, 0.4) is 0 Å². The fraction of sp³-hybridized carbons (Fsp3) is 0.412. The highest BCUT2D eigenvalue weighted by molar-refractivity contribution is 6.42. The van der Waals surface area contributed by atoms with Gasteiger partial charge in [0.1, 0.15) is 11.5 Å². The molecule has 0 saturated heterocycles. The minimum atomic E-state index is 0.170. The van der Waals surface area contributed by atoms with Crippen LogP contribution in [-0.4, -0.2) is 6.54 Å². The van der Waals surface area contributed by atoms with Crippen molar-refractivity contribution < 1.29 is 4.42 Å². The lowest BCUT2D eigenvalue weighted by atomic mass is 9.95. The summed E-state index contributed by atoms with van der Waals surface area (Å²) < 4.78 is 5.77. The van der Waals surface area contributed by atoms with Gasteiger partial charge < -0.3 is 9.73 Å². The molecule has 2 aromatic rings. The van der Waals surface area contributed by atoms with Crippen molar-refractivity contribution >= 4 is 23.2 Å². The van der Waals surface area contributed by atoms with Crippen molar-refractivity contribution in [2.45, 2.75) is 40.2 Å². The molecule has 0 aliphatic heterocycles. The molecule has 0 saturated carbocycles. The second kappa shape index (κ2) is 6.87. The van der Waals surface area contributed by atoms with Gasteiger partial charge in [0, 0.05) is 11.6 Å². The first-order valence-corrected chi connectivity index (χ1v) is 7.94. The standard InChI is InChI=1S/C17H21Cl2NO/c1-5-20-15(16-10(2)11(3)21-12(16)4)9-13-7-6-8-14(18)17(13)19/h6-8,15,20H,5,9H2,1-4H3. The van der Waals surface area contributed by atoms with E-state index in [0.717, 1.165) is 30.0 Å². The van der Waals surface area contributed by atoms with Crippen molar-refractivity contribution in [3.63, 3.8) is 0 Å². The van der Waals surface area contributed by atoms with Crippen molar-refractivity contribution in [2.75, 3.05) is 6.54 Å². The van der Waals surface area contributed by atoms with E-state index >= 15 is 0 Å². The molecule has 1 heterocycles. The Bertz CT molecular complexity index is 634. The van der Waals surface area contributed by atoms with Gasteiger partial charge in [0.2, 0.25) is 0 Å². The van der Waals surface area contributed by atoms with E-state index in [0.29, 0.717) is 10.0 Å². The fourth-order valence-electron chi connectivity index (χ4n) is 2.77. The molecule has 0 amide bonds. The lowest BCUT2D eigenvalue weighted by Gasteiger charge is -2.20. The van der Waals surface area contributed by atoms with Crippen molar-refractivity contribution in [2.24, 2.45) is 0 Å². The zero-order chi connectivity index (χ0) is 15.6. The number of likely N-dealkylation sites (N-methyl/N-ethyl adjacent to an activating group) is 1. The smallest absolute Gasteiger partial charge is 0.106 e. The maximum atomic E-state index is 6.33. The van der Waals surface area contributed by atoms with E-state index < -0.39 is 0 Å². The molecule has 0 bridgehead atoms. The maximum Gasteiger partial charge on any atom is 0.106 e. The van der Waals surface area contributed by atoms with E-state index in [4.69, 9.17) is 27.6 Å². The van der Waals surface area contributed by atoms with Crippen LogP contribution < -0.4 is 5.32 Å². The van der Waals surface area contributed by atoms with Crippen LogP contribution in [0.2, 0.25) is 10.0 Å². The van der Waals surface area contributed by atoms with Gasteiger partial charge in [-0.15, -0.1) is 0 Å². The molecule has 1 N–H and O–H groups in total. The molecule has 2 rings (SSSR count). The van der Waals surface area contributed by atoms with E-state index in [1.54, 1.807) is 0 Å². The van der Waals surface area contributed by atoms with E-state index in [-0.39, 0.29) is 6.04 Å². The molecule has 0 radical (unpaired) electrons. The molecule has 0 fully saturated rings. The van der Waals surface area contributed by atoms with Crippen LogP contribution in [0.25, 0.3) is 0 Å². The number of hydrogen-bond acceptors (Lipinski definition) is 2. The monoisotopic (exact) mass is 325 g/mol. The molecule has 21 heavy (non-hydrogen) atoms. The lowest BCUT2D eigenvalue weighted by Crippen LogP contribution is -2.24. The molecule has 1 atom stereocenters. The molecule has 2 nitrogen and oxygen atoms in total. The van der Waals surface area contributed by atoms with Crippen molar-refractivity contribution in [3.05, 3.63) is 56.5 Å². The van der Waals surface area contributed by atoms with E-state index in [2.05, 4.69) is 19.2 Å². The van der Waals surface area contributed by atoms with Gasteiger partial charge in [-0.2, -0.15) is 0 Å². The Morgan fingerprint density at radius 1 is 1.14 bits per heavy atom. The predicted molar refractivity (Wildman–Crippen MR) is 89.5 cm³/mol. The minimum Gasteiger partial charge on any atom is -0.466 e. The summed E-state index contributed by atoms with van der Waals surface area (Å²) in [5.41, 5.74) is 3.48. The van der Waals surface area contributed by atoms with E-state index in [1.807, 2.05) is 32.0 Å². The van der Waals surface area contributed by atoms with Gasteiger partial charge in [-0.05, 0) is 50.9 Å². The molecule has 114 valence electrons. The first-order chi connectivity index (χ1) is 9.95. The van der Waals surface area contributed by atoms with Gasteiger partial charge in [-0.3, -0.25) is 0 Å². The molecule has 0 aliphatic rings. The van der Waals surface area contributed by atoms with Crippen molar-refractivity contribution in [1.82, 2.24) is 5.32 Å². The Morgan fingerprint density at radius 2 is 1.86 bits per heavy atom. The van der Waals surface area contributed by atoms with Crippen LogP contribution in [0, 0.1) is 20.8 Å². The third kappa shape index (κ3) is 3.45. The number of furan rings is 1. The average molecular weight is 326 g/mol. The third-order valence-electron chi connectivity index (χ3n) is 3.87. The maximum absolute atomic E-state index is 6.33. The van der Waals surface area contributed by atoms with Gasteiger partial charge in [0.05, 0.1) is 10.0 Å². The predicted octanol–water partition coefficient (Wildman–Crippen LogP) is 5.40. The van der Waals surface area contributed by atoms with Gasteiger partial charge in [-0.1, -0.05) is 42.3 Å². The summed E-state index contributed by atoms with van der Waals surface area (Å²) in [6.45, 7) is 9.10. The van der Waals surface area contributed by atoms with E-state index in [1.165, 1.54) is 11.1 Å². The zero-order valence-electron chi connectivity index (χ0n) is 12.9. The normalized spacial score (nSPS) is 12.7. The van der Waals surface area contributed by atoms with Gasteiger partial charge >= 0.3 is 0 Å². The van der Waals surface area contributed by atoms with Crippen LogP contribution in [-0.2, 0) is 6.42 Å². The van der Waals surface area contributed by atoms with Gasteiger partial charge in [0.25, 0.3) is 0 Å². The number of rotatable bonds is 5. The summed E-state index contributed by atoms with van der Waals surface area (Å²) in [6.07, 6.45) is 0.786. The Hall–Kier alpha value is -0.960. The molecular weight excluding hydrogens is 305 g/mol. The molecular formula is C17H21Cl2NO.